The van der Waals surface area contributed by atoms with Gasteiger partial charge in [-0.1, -0.05) is 45.0 Å². The Morgan fingerprint density at radius 3 is 2.35 bits per heavy atom. The van der Waals surface area contributed by atoms with Crippen molar-refractivity contribution >= 4 is 0 Å². The standard InChI is InChI=1S/C18H30N2/c1-18(2,3)16-10-8-15(9-11-16)13-20-12-6-7-17(20)14-19(4)5/h8-11,17H,6-7,12-14H2,1-5H3/t17-/m0/s1. The van der Waals surface area contributed by atoms with Gasteiger partial charge in [-0.2, -0.15) is 0 Å². The molecule has 1 aromatic carbocycles. The van der Waals surface area contributed by atoms with Crippen molar-refractivity contribution < 1.29 is 0 Å². The number of likely N-dealkylation sites (N-methyl/N-ethyl adjacent to an activating group) is 1. The van der Waals surface area contributed by atoms with Gasteiger partial charge >= 0.3 is 0 Å². The highest BCUT2D eigenvalue weighted by molar-refractivity contribution is 5.27. The second-order valence-electron chi connectivity index (χ2n) is 7.48. The predicted octanol–water partition coefficient (Wildman–Crippen LogP) is 3.51. The van der Waals surface area contributed by atoms with Crippen LogP contribution in [-0.2, 0) is 12.0 Å². The van der Waals surface area contributed by atoms with Crippen molar-refractivity contribution in [3.05, 3.63) is 35.4 Å². The first-order valence-electron chi connectivity index (χ1n) is 7.84. The number of hydrogen-bond donors (Lipinski definition) is 0. The molecule has 2 rings (SSSR count). The third-order valence-corrected chi connectivity index (χ3v) is 4.28. The van der Waals surface area contributed by atoms with E-state index in [1.807, 2.05) is 0 Å². The van der Waals surface area contributed by atoms with Gasteiger partial charge in [-0.05, 0) is 50.0 Å². The minimum atomic E-state index is 0.250. The summed E-state index contributed by atoms with van der Waals surface area (Å²) in [6, 6.07) is 9.95. The minimum Gasteiger partial charge on any atom is -0.308 e. The first-order valence-corrected chi connectivity index (χ1v) is 7.84. The summed E-state index contributed by atoms with van der Waals surface area (Å²) in [5.74, 6) is 0. The van der Waals surface area contributed by atoms with E-state index in [1.165, 1.54) is 37.1 Å². The van der Waals surface area contributed by atoms with Gasteiger partial charge in [0.05, 0.1) is 0 Å². The topological polar surface area (TPSA) is 6.48 Å². The van der Waals surface area contributed by atoms with E-state index in [0.717, 1.165) is 12.6 Å². The van der Waals surface area contributed by atoms with Crippen LogP contribution < -0.4 is 0 Å². The summed E-state index contributed by atoms with van der Waals surface area (Å²) in [5, 5.41) is 0. The number of hydrogen-bond acceptors (Lipinski definition) is 2. The van der Waals surface area contributed by atoms with Crippen molar-refractivity contribution in [2.45, 2.75) is 51.6 Å². The molecule has 0 saturated carbocycles. The first-order chi connectivity index (χ1) is 9.36. The molecule has 0 radical (unpaired) electrons. The van der Waals surface area contributed by atoms with Crippen LogP contribution in [-0.4, -0.2) is 43.0 Å². The molecule has 0 amide bonds. The highest BCUT2D eigenvalue weighted by Crippen LogP contribution is 2.24. The molecule has 1 aromatic rings. The summed E-state index contributed by atoms with van der Waals surface area (Å²) in [6.07, 6.45) is 2.69. The summed E-state index contributed by atoms with van der Waals surface area (Å²) in [7, 11) is 4.35. The van der Waals surface area contributed by atoms with Crippen molar-refractivity contribution in [3.8, 4) is 0 Å². The van der Waals surface area contributed by atoms with Gasteiger partial charge < -0.3 is 4.90 Å². The molecule has 0 aliphatic carbocycles. The van der Waals surface area contributed by atoms with E-state index in [9.17, 15) is 0 Å². The lowest BCUT2D eigenvalue weighted by Gasteiger charge is -2.27. The van der Waals surface area contributed by atoms with Crippen LogP contribution in [0.5, 0.6) is 0 Å². The molecular weight excluding hydrogens is 244 g/mol. The molecule has 2 nitrogen and oxygen atoms in total. The van der Waals surface area contributed by atoms with Crippen LogP contribution in [0.4, 0.5) is 0 Å². The van der Waals surface area contributed by atoms with Gasteiger partial charge in [-0.3, -0.25) is 4.90 Å². The lowest BCUT2D eigenvalue weighted by atomic mass is 9.87. The molecule has 112 valence electrons. The van der Waals surface area contributed by atoms with E-state index >= 15 is 0 Å². The molecule has 0 N–H and O–H groups in total. The van der Waals surface area contributed by atoms with Gasteiger partial charge in [0.1, 0.15) is 0 Å². The summed E-state index contributed by atoms with van der Waals surface area (Å²) in [6.45, 7) is 10.4. The number of rotatable bonds is 4. The Kier molecular flexibility index (Phi) is 4.87. The second kappa shape index (κ2) is 6.28. The van der Waals surface area contributed by atoms with Crippen LogP contribution in [0.3, 0.4) is 0 Å². The fourth-order valence-electron chi connectivity index (χ4n) is 3.08. The quantitative estimate of drug-likeness (QED) is 0.829. The molecule has 0 unspecified atom stereocenters. The third kappa shape index (κ3) is 4.07. The average molecular weight is 274 g/mol. The van der Waals surface area contributed by atoms with E-state index in [0.29, 0.717) is 0 Å². The van der Waals surface area contributed by atoms with Crippen LogP contribution in [0.15, 0.2) is 24.3 Å². The fraction of sp³-hybridized carbons (Fsp3) is 0.667. The Bertz CT molecular complexity index is 414. The molecule has 1 saturated heterocycles. The SMILES string of the molecule is CN(C)C[C@@H]1CCCN1Cc1ccc(C(C)(C)C)cc1. The Morgan fingerprint density at radius 2 is 1.80 bits per heavy atom. The summed E-state index contributed by atoms with van der Waals surface area (Å²) in [4.78, 5) is 4.96. The Balaban J connectivity index is 1.99. The van der Waals surface area contributed by atoms with Gasteiger partial charge in [0.25, 0.3) is 0 Å². The Labute approximate surface area is 124 Å². The van der Waals surface area contributed by atoms with Crippen molar-refractivity contribution in [3.63, 3.8) is 0 Å². The van der Waals surface area contributed by atoms with Crippen molar-refractivity contribution in [2.75, 3.05) is 27.2 Å². The van der Waals surface area contributed by atoms with Crippen LogP contribution in [0.25, 0.3) is 0 Å². The summed E-state index contributed by atoms with van der Waals surface area (Å²) < 4.78 is 0. The molecule has 0 spiro atoms. The molecule has 1 fully saturated rings. The molecule has 1 aliphatic heterocycles. The maximum absolute atomic E-state index is 2.64. The molecule has 0 aromatic heterocycles. The highest BCUT2D eigenvalue weighted by Gasteiger charge is 2.24. The van der Waals surface area contributed by atoms with Crippen LogP contribution in [0.1, 0.15) is 44.7 Å². The van der Waals surface area contributed by atoms with E-state index in [2.05, 4.69) is 68.9 Å². The number of benzene rings is 1. The lowest BCUT2D eigenvalue weighted by molar-refractivity contribution is 0.201. The zero-order valence-corrected chi connectivity index (χ0v) is 13.8. The Morgan fingerprint density at radius 1 is 1.15 bits per heavy atom. The average Bonchev–Trinajstić information content (AvgIpc) is 2.75. The largest absolute Gasteiger partial charge is 0.308 e. The van der Waals surface area contributed by atoms with Gasteiger partial charge in [-0.25, -0.2) is 0 Å². The maximum Gasteiger partial charge on any atom is 0.0237 e. The van der Waals surface area contributed by atoms with Crippen LogP contribution >= 0.6 is 0 Å². The monoisotopic (exact) mass is 274 g/mol. The molecular formula is C18H30N2. The number of nitrogens with zero attached hydrogens (tertiary/aromatic N) is 2. The van der Waals surface area contributed by atoms with E-state index < -0.39 is 0 Å². The molecule has 2 heteroatoms. The Hall–Kier alpha value is -0.860. The summed E-state index contributed by atoms with van der Waals surface area (Å²) in [5.41, 5.74) is 3.12. The van der Waals surface area contributed by atoms with Gasteiger partial charge in [0.2, 0.25) is 0 Å². The lowest BCUT2D eigenvalue weighted by Crippen LogP contribution is -2.37. The molecule has 1 heterocycles. The molecule has 1 aliphatic rings. The third-order valence-electron chi connectivity index (χ3n) is 4.28. The van der Waals surface area contributed by atoms with Crippen LogP contribution in [0.2, 0.25) is 0 Å². The van der Waals surface area contributed by atoms with E-state index in [4.69, 9.17) is 0 Å². The molecule has 20 heavy (non-hydrogen) atoms. The zero-order valence-electron chi connectivity index (χ0n) is 13.8. The smallest absolute Gasteiger partial charge is 0.0237 e. The summed E-state index contributed by atoms with van der Waals surface area (Å²) >= 11 is 0. The molecule has 1 atom stereocenters. The maximum atomic E-state index is 2.64. The van der Waals surface area contributed by atoms with E-state index in [1.54, 1.807) is 0 Å². The molecule has 0 bridgehead atoms. The van der Waals surface area contributed by atoms with Gasteiger partial charge in [-0.15, -0.1) is 0 Å². The van der Waals surface area contributed by atoms with Crippen LogP contribution in [0, 0.1) is 0 Å². The highest BCUT2D eigenvalue weighted by atomic mass is 15.2. The first kappa shape index (κ1) is 15.5. The minimum absolute atomic E-state index is 0.250. The normalized spacial score (nSPS) is 20.8. The van der Waals surface area contributed by atoms with Crippen molar-refractivity contribution in [1.82, 2.24) is 9.80 Å². The van der Waals surface area contributed by atoms with Crippen molar-refractivity contribution in [2.24, 2.45) is 0 Å². The zero-order chi connectivity index (χ0) is 14.8. The second-order valence-corrected chi connectivity index (χ2v) is 7.48. The van der Waals surface area contributed by atoms with E-state index in [-0.39, 0.29) is 5.41 Å². The predicted molar refractivity (Wildman–Crippen MR) is 87.1 cm³/mol. The van der Waals surface area contributed by atoms with Gasteiger partial charge in [0, 0.05) is 19.1 Å². The van der Waals surface area contributed by atoms with Gasteiger partial charge in [0.15, 0.2) is 0 Å². The number of likely N-dealkylation sites (tertiary alicyclic amines) is 1. The fourth-order valence-corrected chi connectivity index (χ4v) is 3.08. The van der Waals surface area contributed by atoms with Crippen molar-refractivity contribution in [1.29, 1.82) is 0 Å².